The Labute approximate surface area is 134 Å². The Morgan fingerprint density at radius 3 is 2.74 bits per heavy atom. The molecule has 0 N–H and O–H groups in total. The van der Waals surface area contributed by atoms with Crippen LogP contribution in [0.4, 0.5) is 4.39 Å². The molecule has 0 bridgehead atoms. The molecule has 0 spiro atoms. The van der Waals surface area contributed by atoms with Gasteiger partial charge in [-0.1, -0.05) is 23.8 Å². The molecule has 0 saturated carbocycles. The molecule has 0 amide bonds. The van der Waals surface area contributed by atoms with E-state index in [4.69, 9.17) is 11.6 Å². The smallest absolute Gasteiger partial charge is 0.280 e. The van der Waals surface area contributed by atoms with Crippen molar-refractivity contribution in [2.45, 2.75) is 13.5 Å². The van der Waals surface area contributed by atoms with Crippen LogP contribution in [0, 0.1) is 5.82 Å². The standard InChI is InChI=1S/C15H12ClFN4O2/c1-9(2)8-21-15(23)20-6-5-19(14(22)13(20)18-21)10-3-4-12(17)11(16)7-10/h3-7H,1,8H2,2H3. The van der Waals surface area contributed by atoms with Crippen LogP contribution >= 0.6 is 11.6 Å². The molecule has 8 heteroatoms. The molecule has 118 valence electrons. The lowest BCUT2D eigenvalue weighted by Gasteiger charge is -2.06. The number of benzene rings is 1. The van der Waals surface area contributed by atoms with E-state index in [-0.39, 0.29) is 17.2 Å². The number of aromatic nitrogens is 4. The second-order valence-corrected chi connectivity index (χ2v) is 5.57. The van der Waals surface area contributed by atoms with E-state index in [1.54, 1.807) is 6.92 Å². The maximum atomic E-state index is 13.3. The van der Waals surface area contributed by atoms with Gasteiger partial charge in [-0.25, -0.2) is 18.3 Å². The quantitative estimate of drug-likeness (QED) is 0.688. The third-order valence-electron chi connectivity index (χ3n) is 3.25. The summed E-state index contributed by atoms with van der Waals surface area (Å²) in [6, 6.07) is 3.92. The molecule has 6 nitrogen and oxygen atoms in total. The molecule has 0 aliphatic heterocycles. The van der Waals surface area contributed by atoms with Crippen LogP contribution < -0.4 is 11.2 Å². The average Bonchev–Trinajstić information content (AvgIpc) is 2.80. The van der Waals surface area contributed by atoms with E-state index < -0.39 is 17.1 Å². The zero-order valence-corrected chi connectivity index (χ0v) is 12.9. The average molecular weight is 335 g/mol. The van der Waals surface area contributed by atoms with Crippen molar-refractivity contribution in [3.8, 4) is 5.69 Å². The molecule has 3 aromatic rings. The Kier molecular flexibility index (Phi) is 3.65. The van der Waals surface area contributed by atoms with Crippen LogP contribution in [0.15, 0.2) is 52.3 Å². The molecule has 23 heavy (non-hydrogen) atoms. The number of halogens is 2. The number of nitrogens with zero attached hydrogens (tertiary/aromatic N) is 4. The highest BCUT2D eigenvalue weighted by Gasteiger charge is 2.13. The van der Waals surface area contributed by atoms with E-state index in [1.807, 2.05) is 0 Å². The van der Waals surface area contributed by atoms with Gasteiger partial charge in [0.2, 0.25) is 5.65 Å². The maximum Gasteiger partial charge on any atom is 0.350 e. The summed E-state index contributed by atoms with van der Waals surface area (Å²) in [4.78, 5) is 24.7. The lowest BCUT2D eigenvalue weighted by Crippen LogP contribution is -2.24. The topological polar surface area (TPSA) is 61.3 Å². The molecule has 2 aromatic heterocycles. The first-order chi connectivity index (χ1) is 10.9. The lowest BCUT2D eigenvalue weighted by atomic mass is 10.3. The molecule has 0 aliphatic rings. The SMILES string of the molecule is C=C(C)Cn1nc2c(=O)n(-c3ccc(F)c(Cl)c3)ccn2c1=O. The van der Waals surface area contributed by atoms with Gasteiger partial charge in [0.05, 0.1) is 17.3 Å². The van der Waals surface area contributed by atoms with Crippen LogP contribution in [0.3, 0.4) is 0 Å². The van der Waals surface area contributed by atoms with Crippen molar-refractivity contribution < 1.29 is 4.39 Å². The zero-order chi connectivity index (χ0) is 16.7. The molecule has 0 saturated heterocycles. The Morgan fingerprint density at radius 2 is 2.09 bits per heavy atom. The minimum atomic E-state index is -0.577. The summed E-state index contributed by atoms with van der Waals surface area (Å²) in [6.07, 6.45) is 2.84. The predicted molar refractivity (Wildman–Crippen MR) is 84.8 cm³/mol. The van der Waals surface area contributed by atoms with Gasteiger partial charge >= 0.3 is 11.2 Å². The Bertz CT molecular complexity index is 1050. The summed E-state index contributed by atoms with van der Waals surface area (Å²) in [6.45, 7) is 5.71. The summed E-state index contributed by atoms with van der Waals surface area (Å²) >= 11 is 5.75. The van der Waals surface area contributed by atoms with E-state index in [9.17, 15) is 14.0 Å². The van der Waals surface area contributed by atoms with Crippen LogP contribution in [0.5, 0.6) is 0 Å². The molecule has 3 rings (SSSR count). The number of fused-ring (bicyclic) bond motifs is 1. The van der Waals surface area contributed by atoms with Crippen molar-refractivity contribution in [3.63, 3.8) is 0 Å². The van der Waals surface area contributed by atoms with E-state index in [2.05, 4.69) is 11.7 Å². The highest BCUT2D eigenvalue weighted by Crippen LogP contribution is 2.17. The van der Waals surface area contributed by atoms with Gasteiger partial charge in [0.25, 0.3) is 0 Å². The minimum Gasteiger partial charge on any atom is -0.280 e. The van der Waals surface area contributed by atoms with Gasteiger partial charge in [0.15, 0.2) is 0 Å². The van der Waals surface area contributed by atoms with Crippen molar-refractivity contribution in [1.82, 2.24) is 18.7 Å². The van der Waals surface area contributed by atoms with Gasteiger partial charge in [0, 0.05) is 12.4 Å². The van der Waals surface area contributed by atoms with Crippen molar-refractivity contribution in [3.05, 3.63) is 74.4 Å². The fourth-order valence-corrected chi connectivity index (χ4v) is 2.38. The van der Waals surface area contributed by atoms with Gasteiger partial charge in [-0.2, -0.15) is 0 Å². The van der Waals surface area contributed by atoms with E-state index in [0.29, 0.717) is 5.69 Å². The normalized spacial score (nSPS) is 11.1. The Balaban J connectivity index is 2.23. The van der Waals surface area contributed by atoms with Gasteiger partial charge in [-0.15, -0.1) is 5.10 Å². The molecule has 1 aromatic carbocycles. The van der Waals surface area contributed by atoms with Gasteiger partial charge in [-0.05, 0) is 25.1 Å². The maximum absolute atomic E-state index is 13.3. The van der Waals surface area contributed by atoms with E-state index in [1.165, 1.54) is 39.8 Å². The second kappa shape index (κ2) is 5.51. The molecule has 2 heterocycles. The highest BCUT2D eigenvalue weighted by atomic mass is 35.5. The monoisotopic (exact) mass is 334 g/mol. The van der Waals surface area contributed by atoms with Gasteiger partial charge in [0.1, 0.15) is 5.82 Å². The number of rotatable bonds is 3. The van der Waals surface area contributed by atoms with Crippen molar-refractivity contribution >= 4 is 17.2 Å². The predicted octanol–water partition coefficient (Wildman–Crippen LogP) is 2.02. The van der Waals surface area contributed by atoms with Crippen molar-refractivity contribution in [2.24, 2.45) is 0 Å². The molecule has 0 radical (unpaired) electrons. The first-order valence-electron chi connectivity index (χ1n) is 6.69. The Hall–Kier alpha value is -2.67. The summed E-state index contributed by atoms with van der Waals surface area (Å²) in [5.74, 6) is -0.577. The fourth-order valence-electron chi connectivity index (χ4n) is 2.21. The van der Waals surface area contributed by atoms with Crippen LogP contribution in [0.25, 0.3) is 11.3 Å². The summed E-state index contributed by atoms with van der Waals surface area (Å²) in [7, 11) is 0. The van der Waals surface area contributed by atoms with Crippen LogP contribution in [-0.4, -0.2) is 18.7 Å². The Morgan fingerprint density at radius 1 is 1.35 bits per heavy atom. The second-order valence-electron chi connectivity index (χ2n) is 5.16. The highest BCUT2D eigenvalue weighted by molar-refractivity contribution is 6.30. The number of hydrogen-bond acceptors (Lipinski definition) is 3. The first kappa shape index (κ1) is 15.2. The number of allylic oxidation sites excluding steroid dienone is 1. The van der Waals surface area contributed by atoms with Crippen molar-refractivity contribution in [2.75, 3.05) is 0 Å². The lowest BCUT2D eigenvalue weighted by molar-refractivity contribution is 0.627. The number of hydrogen-bond donors (Lipinski definition) is 0. The molecular weight excluding hydrogens is 323 g/mol. The van der Waals surface area contributed by atoms with Crippen LogP contribution in [0.1, 0.15) is 6.92 Å². The minimum absolute atomic E-state index is 0.0285. The third-order valence-corrected chi connectivity index (χ3v) is 3.54. The van der Waals surface area contributed by atoms with Gasteiger partial charge < -0.3 is 0 Å². The largest absolute Gasteiger partial charge is 0.350 e. The molecule has 0 fully saturated rings. The zero-order valence-electron chi connectivity index (χ0n) is 12.2. The third kappa shape index (κ3) is 2.59. The molecule has 0 unspecified atom stereocenters. The molecular formula is C15H12ClFN4O2. The van der Waals surface area contributed by atoms with Crippen molar-refractivity contribution in [1.29, 1.82) is 0 Å². The fraction of sp³-hybridized carbons (Fsp3) is 0.133. The van der Waals surface area contributed by atoms with Crippen LogP contribution in [-0.2, 0) is 6.54 Å². The van der Waals surface area contributed by atoms with Crippen LogP contribution in [0.2, 0.25) is 5.02 Å². The summed E-state index contributed by atoms with van der Waals surface area (Å²) in [5.41, 5.74) is 0.156. The van der Waals surface area contributed by atoms with E-state index in [0.717, 1.165) is 9.97 Å². The van der Waals surface area contributed by atoms with Gasteiger partial charge in [-0.3, -0.25) is 9.36 Å². The summed E-state index contributed by atoms with van der Waals surface area (Å²) in [5, 5.41) is 3.95. The van der Waals surface area contributed by atoms with E-state index >= 15 is 0 Å². The molecule has 0 atom stereocenters. The molecule has 0 aliphatic carbocycles. The first-order valence-corrected chi connectivity index (χ1v) is 7.07. The summed E-state index contributed by atoms with van der Waals surface area (Å²) < 4.78 is 16.8.